The molecule has 1 aliphatic rings. The van der Waals surface area contributed by atoms with Crippen molar-refractivity contribution in [3.05, 3.63) is 24.3 Å². The van der Waals surface area contributed by atoms with Gasteiger partial charge in [-0.1, -0.05) is 19.3 Å². The van der Waals surface area contributed by atoms with Gasteiger partial charge in [0.1, 0.15) is 18.1 Å². The van der Waals surface area contributed by atoms with Gasteiger partial charge in [0, 0.05) is 26.1 Å². The first-order valence-electron chi connectivity index (χ1n) is 9.72. The fraction of sp³-hybridized carbons (Fsp3) is 0.600. The van der Waals surface area contributed by atoms with Crippen LogP contribution in [-0.4, -0.2) is 52.3 Å². The largest absolute Gasteiger partial charge is 0.497 e. The van der Waals surface area contributed by atoms with Crippen LogP contribution in [0.4, 0.5) is 0 Å². The van der Waals surface area contributed by atoms with E-state index in [1.807, 2.05) is 24.3 Å². The lowest BCUT2D eigenvalue weighted by Crippen LogP contribution is -2.43. The Morgan fingerprint density at radius 1 is 1.00 bits per heavy atom. The third-order valence-corrected chi connectivity index (χ3v) is 4.64. The van der Waals surface area contributed by atoms with Gasteiger partial charge < -0.3 is 25.4 Å². The summed E-state index contributed by atoms with van der Waals surface area (Å²) in [7, 11) is 3.36. The van der Waals surface area contributed by atoms with Crippen LogP contribution in [0.3, 0.4) is 0 Å². The number of carbonyl (C=O) groups excluding carboxylic acids is 1. The zero-order chi connectivity index (χ0) is 19.3. The van der Waals surface area contributed by atoms with Gasteiger partial charge in [0.2, 0.25) is 5.91 Å². The number of hydrogen-bond acceptors (Lipinski definition) is 4. The van der Waals surface area contributed by atoms with Gasteiger partial charge in [-0.05, 0) is 37.1 Å². The van der Waals surface area contributed by atoms with Crippen LogP contribution < -0.4 is 25.4 Å². The zero-order valence-electron chi connectivity index (χ0n) is 16.4. The van der Waals surface area contributed by atoms with Crippen molar-refractivity contribution in [1.29, 1.82) is 0 Å². The molecule has 0 unspecified atom stereocenters. The smallest absolute Gasteiger partial charge is 0.223 e. The molecule has 1 amide bonds. The van der Waals surface area contributed by atoms with Crippen LogP contribution in [0.1, 0.15) is 32.1 Å². The number of aliphatic imine (C=N–C) groups is 1. The second kappa shape index (κ2) is 12.0. The van der Waals surface area contributed by atoms with E-state index >= 15 is 0 Å². The molecule has 1 fully saturated rings. The molecule has 27 heavy (non-hydrogen) atoms. The summed E-state index contributed by atoms with van der Waals surface area (Å²) in [6.45, 7) is 2.38. The van der Waals surface area contributed by atoms with E-state index in [0.717, 1.165) is 24.3 Å². The Hall–Kier alpha value is -2.44. The van der Waals surface area contributed by atoms with E-state index in [-0.39, 0.29) is 11.8 Å². The molecule has 0 bridgehead atoms. The maximum Gasteiger partial charge on any atom is 0.223 e. The number of nitrogens with one attached hydrogen (secondary N) is 3. The fourth-order valence-electron chi connectivity index (χ4n) is 3.11. The van der Waals surface area contributed by atoms with Crippen LogP contribution in [0.25, 0.3) is 0 Å². The molecule has 1 saturated carbocycles. The highest BCUT2D eigenvalue weighted by atomic mass is 16.5. The Labute approximate surface area is 161 Å². The molecule has 150 valence electrons. The molecular weight excluding hydrogens is 344 g/mol. The summed E-state index contributed by atoms with van der Waals surface area (Å²) >= 11 is 0. The summed E-state index contributed by atoms with van der Waals surface area (Å²) in [6.07, 6.45) is 5.65. The normalized spacial score (nSPS) is 15.1. The number of ether oxygens (including phenoxy) is 2. The molecular formula is C20H32N4O3. The SMILES string of the molecule is CN=C(NCCNC(=O)C1CCCCC1)NCCOc1ccc(OC)cc1. The van der Waals surface area contributed by atoms with E-state index in [1.165, 1.54) is 19.3 Å². The first-order chi connectivity index (χ1) is 13.2. The predicted molar refractivity (Wildman–Crippen MR) is 107 cm³/mol. The number of benzene rings is 1. The number of carbonyl (C=O) groups is 1. The van der Waals surface area contributed by atoms with E-state index < -0.39 is 0 Å². The van der Waals surface area contributed by atoms with Crippen LogP contribution >= 0.6 is 0 Å². The van der Waals surface area contributed by atoms with Crippen molar-refractivity contribution in [1.82, 2.24) is 16.0 Å². The van der Waals surface area contributed by atoms with Gasteiger partial charge in [0.05, 0.1) is 13.7 Å². The Balaban J connectivity index is 1.55. The van der Waals surface area contributed by atoms with Crippen molar-refractivity contribution in [3.8, 4) is 11.5 Å². The van der Waals surface area contributed by atoms with E-state index in [4.69, 9.17) is 9.47 Å². The summed E-state index contributed by atoms with van der Waals surface area (Å²) in [5.41, 5.74) is 0. The molecule has 0 aliphatic heterocycles. The highest BCUT2D eigenvalue weighted by molar-refractivity contribution is 5.80. The Morgan fingerprint density at radius 3 is 2.30 bits per heavy atom. The highest BCUT2D eigenvalue weighted by Crippen LogP contribution is 2.23. The molecule has 0 spiro atoms. The summed E-state index contributed by atoms with van der Waals surface area (Å²) in [6, 6.07) is 7.48. The average Bonchev–Trinajstić information content (AvgIpc) is 2.73. The maximum absolute atomic E-state index is 12.1. The van der Waals surface area contributed by atoms with Crippen molar-refractivity contribution >= 4 is 11.9 Å². The van der Waals surface area contributed by atoms with Crippen molar-refractivity contribution < 1.29 is 14.3 Å². The number of hydrogen-bond donors (Lipinski definition) is 3. The van der Waals surface area contributed by atoms with Crippen LogP contribution in [0.5, 0.6) is 11.5 Å². The minimum Gasteiger partial charge on any atom is -0.497 e. The number of methoxy groups -OCH3 is 1. The van der Waals surface area contributed by atoms with Crippen LogP contribution in [-0.2, 0) is 4.79 Å². The molecule has 0 radical (unpaired) electrons. The van der Waals surface area contributed by atoms with E-state index in [9.17, 15) is 4.79 Å². The minimum atomic E-state index is 0.187. The molecule has 1 aromatic rings. The molecule has 0 heterocycles. The highest BCUT2D eigenvalue weighted by Gasteiger charge is 2.20. The third-order valence-electron chi connectivity index (χ3n) is 4.64. The van der Waals surface area contributed by atoms with Gasteiger partial charge >= 0.3 is 0 Å². The Kier molecular flexibility index (Phi) is 9.30. The molecule has 7 nitrogen and oxygen atoms in total. The Bertz CT molecular complexity index is 583. The van der Waals surface area contributed by atoms with Gasteiger partial charge in [0.25, 0.3) is 0 Å². The van der Waals surface area contributed by atoms with Gasteiger partial charge in [-0.3, -0.25) is 9.79 Å². The van der Waals surface area contributed by atoms with Crippen molar-refractivity contribution in [2.75, 3.05) is 40.4 Å². The van der Waals surface area contributed by atoms with Crippen molar-refractivity contribution in [2.45, 2.75) is 32.1 Å². The lowest BCUT2D eigenvalue weighted by molar-refractivity contribution is -0.125. The second-order valence-corrected chi connectivity index (χ2v) is 6.58. The second-order valence-electron chi connectivity index (χ2n) is 6.58. The Morgan fingerprint density at radius 2 is 1.63 bits per heavy atom. The van der Waals surface area contributed by atoms with Crippen LogP contribution in [0, 0.1) is 5.92 Å². The third kappa shape index (κ3) is 7.76. The summed E-state index contributed by atoms with van der Waals surface area (Å²) in [5, 5.41) is 9.39. The van der Waals surface area contributed by atoms with Gasteiger partial charge in [-0.25, -0.2) is 0 Å². The van der Waals surface area contributed by atoms with Crippen LogP contribution in [0.15, 0.2) is 29.3 Å². The first-order valence-corrected chi connectivity index (χ1v) is 9.72. The average molecular weight is 377 g/mol. The molecule has 2 rings (SSSR count). The number of guanidine groups is 1. The first kappa shape index (κ1) is 20.9. The molecule has 3 N–H and O–H groups in total. The fourth-order valence-corrected chi connectivity index (χ4v) is 3.11. The molecule has 0 atom stereocenters. The quantitative estimate of drug-likeness (QED) is 0.348. The standard InChI is InChI=1S/C20H32N4O3/c1-21-20(23-13-12-22-19(25)16-6-4-3-5-7-16)24-14-15-27-18-10-8-17(26-2)9-11-18/h8-11,16H,3-7,12-15H2,1-2H3,(H,22,25)(H2,21,23,24). The number of rotatable bonds is 9. The van der Waals surface area contributed by atoms with Crippen molar-refractivity contribution in [2.24, 2.45) is 10.9 Å². The zero-order valence-corrected chi connectivity index (χ0v) is 16.4. The van der Waals surface area contributed by atoms with E-state index in [1.54, 1.807) is 14.2 Å². The predicted octanol–water partition coefficient (Wildman–Crippen LogP) is 1.94. The van der Waals surface area contributed by atoms with E-state index in [0.29, 0.717) is 32.2 Å². The number of amides is 1. The van der Waals surface area contributed by atoms with E-state index in [2.05, 4.69) is 20.9 Å². The van der Waals surface area contributed by atoms with Gasteiger partial charge in [-0.2, -0.15) is 0 Å². The molecule has 0 aromatic heterocycles. The number of nitrogens with zero attached hydrogens (tertiary/aromatic N) is 1. The summed E-state index contributed by atoms with van der Waals surface area (Å²) in [4.78, 5) is 16.3. The topological polar surface area (TPSA) is 84.0 Å². The van der Waals surface area contributed by atoms with Gasteiger partial charge in [-0.15, -0.1) is 0 Å². The molecule has 1 aromatic carbocycles. The lowest BCUT2D eigenvalue weighted by atomic mass is 9.89. The minimum absolute atomic E-state index is 0.187. The summed E-state index contributed by atoms with van der Waals surface area (Å²) in [5.74, 6) is 2.69. The maximum atomic E-state index is 12.1. The monoisotopic (exact) mass is 376 g/mol. The van der Waals surface area contributed by atoms with Crippen LogP contribution in [0.2, 0.25) is 0 Å². The molecule has 0 saturated heterocycles. The van der Waals surface area contributed by atoms with Gasteiger partial charge in [0.15, 0.2) is 5.96 Å². The lowest BCUT2D eigenvalue weighted by Gasteiger charge is -2.21. The molecule has 1 aliphatic carbocycles. The molecule has 7 heteroatoms. The summed E-state index contributed by atoms with van der Waals surface area (Å²) < 4.78 is 10.8. The van der Waals surface area contributed by atoms with Crippen molar-refractivity contribution in [3.63, 3.8) is 0 Å².